The van der Waals surface area contributed by atoms with Gasteiger partial charge in [0.1, 0.15) is 29.5 Å². The number of hydroxylamine groups is 1. The number of aliphatic hydroxyl groups is 3. The van der Waals surface area contributed by atoms with Crippen molar-refractivity contribution in [2.24, 2.45) is 0 Å². The highest BCUT2D eigenvalue weighted by molar-refractivity contribution is 7.46. The minimum atomic E-state index is -5.00. The van der Waals surface area contributed by atoms with Crippen molar-refractivity contribution in [1.82, 2.24) is 5.48 Å². The summed E-state index contributed by atoms with van der Waals surface area (Å²) in [6, 6.07) is 3.07. The lowest BCUT2D eigenvalue weighted by atomic mass is 9.72. The van der Waals surface area contributed by atoms with Crippen LogP contribution in [0.5, 0.6) is 17.2 Å². The highest BCUT2D eigenvalue weighted by Crippen LogP contribution is 2.52. The number of benzene rings is 2. The van der Waals surface area contributed by atoms with Gasteiger partial charge in [0.25, 0.3) is 0 Å². The topological polar surface area (TPSA) is 259 Å². The van der Waals surface area contributed by atoms with Gasteiger partial charge in [0, 0.05) is 36.0 Å². The summed E-state index contributed by atoms with van der Waals surface area (Å²) in [5, 5.41) is 54.3. The van der Waals surface area contributed by atoms with Crippen molar-refractivity contribution in [3.63, 3.8) is 0 Å². The molecule has 3 aliphatic rings. The van der Waals surface area contributed by atoms with Crippen LogP contribution in [0.1, 0.15) is 68.8 Å². The predicted molar refractivity (Wildman–Crippen MR) is 144 cm³/mol. The lowest BCUT2D eigenvalue weighted by Gasteiger charge is -2.42. The number of nitrogens with one attached hydrogen (secondary N) is 1. The Labute approximate surface area is 248 Å². The lowest BCUT2D eigenvalue weighted by molar-refractivity contribution is -0.254. The molecule has 16 nitrogen and oxygen atoms in total. The first-order chi connectivity index (χ1) is 20.6. The van der Waals surface area contributed by atoms with E-state index in [0.717, 1.165) is 0 Å². The Morgan fingerprint density at radius 2 is 1.82 bits per heavy atom. The van der Waals surface area contributed by atoms with Crippen LogP contribution in [-0.4, -0.2) is 96.5 Å². The fourth-order valence-corrected chi connectivity index (χ4v) is 6.24. The molecule has 1 saturated heterocycles. The van der Waals surface area contributed by atoms with E-state index in [2.05, 4.69) is 10.1 Å². The van der Waals surface area contributed by atoms with Crippen molar-refractivity contribution in [3.05, 3.63) is 51.6 Å². The number of aromatic hydroxyl groups is 2. The second-order valence-corrected chi connectivity index (χ2v) is 12.0. The van der Waals surface area contributed by atoms with E-state index in [4.69, 9.17) is 24.0 Å². The van der Waals surface area contributed by atoms with Crippen molar-refractivity contribution in [1.29, 1.82) is 0 Å². The molecule has 1 fully saturated rings. The average Bonchev–Trinajstić information content (AvgIpc) is 2.97. The number of ketones is 3. The van der Waals surface area contributed by atoms with E-state index < -0.39 is 103 Å². The van der Waals surface area contributed by atoms with E-state index in [-0.39, 0.29) is 34.4 Å². The van der Waals surface area contributed by atoms with Crippen molar-refractivity contribution < 1.29 is 73.1 Å². The van der Waals surface area contributed by atoms with Crippen LogP contribution < -0.4 is 10.2 Å². The van der Waals surface area contributed by atoms with Gasteiger partial charge < -0.3 is 49.5 Å². The summed E-state index contributed by atoms with van der Waals surface area (Å²) in [5.41, 5.74) is -2.21. The van der Waals surface area contributed by atoms with Gasteiger partial charge in [0.05, 0.1) is 48.2 Å². The third kappa shape index (κ3) is 5.43. The van der Waals surface area contributed by atoms with Crippen LogP contribution in [-0.2, 0) is 29.9 Å². The van der Waals surface area contributed by atoms with Crippen molar-refractivity contribution >= 4 is 25.2 Å². The van der Waals surface area contributed by atoms with E-state index in [1.165, 1.54) is 32.2 Å². The second kappa shape index (κ2) is 11.6. The summed E-state index contributed by atoms with van der Waals surface area (Å²) >= 11 is 0. The van der Waals surface area contributed by atoms with Gasteiger partial charge in [0.15, 0.2) is 17.9 Å². The molecule has 1 aliphatic heterocycles. The number of carbonyl (C=O) groups is 3. The van der Waals surface area contributed by atoms with E-state index in [0.29, 0.717) is 0 Å². The molecule has 2 aromatic carbocycles. The molecule has 0 bridgehead atoms. The Bertz CT molecular complexity index is 1590. The standard InChI is InChI=1S/C27H30NO15P/c1-10-22(31)13(28-43-44(37,38)39)6-17(41-10)42-15-8-27(36,16(30)9-29)7-12-19(15)26(35)21-20(24(12)33)23(32)11-4-3-5-14(40-2)18(11)25(21)34/h3-5,10,13,15,17,22,28-29,31,33,35-36H,6-9H2,1-2H3,(H2,37,38,39)/t10?,13?,15-,17?,22?,27-/m0/s1. The zero-order valence-corrected chi connectivity index (χ0v) is 24.2. The summed E-state index contributed by atoms with van der Waals surface area (Å²) in [6.45, 7) is 0.317. The first-order valence-corrected chi connectivity index (χ1v) is 14.9. The number of carbonyl (C=O) groups excluding carboxylic acids is 3. The lowest BCUT2D eigenvalue weighted by Crippen LogP contribution is -2.54. The van der Waals surface area contributed by atoms with Gasteiger partial charge in [-0.15, -0.1) is 0 Å². The van der Waals surface area contributed by atoms with Gasteiger partial charge in [-0.3, -0.25) is 14.4 Å². The molecular formula is C27H30NO15P. The fraction of sp³-hybridized carbons (Fsp3) is 0.444. The second-order valence-electron chi connectivity index (χ2n) is 10.8. The van der Waals surface area contributed by atoms with Crippen LogP contribution in [0.4, 0.5) is 0 Å². The van der Waals surface area contributed by atoms with Crippen LogP contribution in [0.15, 0.2) is 18.2 Å². The maximum atomic E-state index is 13.7. The zero-order valence-electron chi connectivity index (χ0n) is 23.3. The monoisotopic (exact) mass is 639 g/mol. The molecule has 0 aromatic heterocycles. The molecule has 1 heterocycles. The molecule has 0 radical (unpaired) electrons. The smallest absolute Gasteiger partial charge is 0.486 e. The summed E-state index contributed by atoms with van der Waals surface area (Å²) in [7, 11) is -3.72. The van der Waals surface area contributed by atoms with Gasteiger partial charge in [0.2, 0.25) is 5.78 Å². The number of Topliss-reactive ketones (excluding diaryl/α,β-unsaturated/α-hetero) is 1. The number of hydrogen-bond donors (Lipinski definition) is 8. The van der Waals surface area contributed by atoms with Crippen LogP contribution in [0.25, 0.3) is 0 Å². The highest BCUT2D eigenvalue weighted by atomic mass is 31.2. The maximum absolute atomic E-state index is 13.7. The SMILES string of the molecule is COc1cccc2c1C(=O)c1c(O)c3c(c(O)c1C2=O)C[C@@](O)(C(=O)CO)C[C@@H]3OC1CC(NOP(=O)(O)O)C(O)C(C)O1. The van der Waals surface area contributed by atoms with Gasteiger partial charge >= 0.3 is 7.82 Å². The number of aliphatic hydroxyl groups excluding tert-OH is 2. The Hall–Kier alpha value is -3.28. The Morgan fingerprint density at radius 1 is 1.14 bits per heavy atom. The first kappa shape index (κ1) is 32.1. The van der Waals surface area contributed by atoms with Crippen LogP contribution in [0.3, 0.4) is 0 Å². The van der Waals surface area contributed by atoms with E-state index >= 15 is 0 Å². The number of methoxy groups -OCH3 is 1. The minimum absolute atomic E-state index is 0.0399. The largest absolute Gasteiger partial charge is 0.507 e. The van der Waals surface area contributed by atoms with E-state index in [1.807, 2.05) is 0 Å². The van der Waals surface area contributed by atoms with Gasteiger partial charge in [-0.05, 0) is 13.0 Å². The molecule has 0 saturated carbocycles. The molecular weight excluding hydrogens is 609 g/mol. The molecule has 2 aromatic rings. The Balaban J connectivity index is 1.61. The van der Waals surface area contributed by atoms with Crippen LogP contribution >= 0.6 is 7.82 Å². The van der Waals surface area contributed by atoms with Crippen molar-refractivity contribution in [2.45, 2.75) is 62.4 Å². The first-order valence-electron chi connectivity index (χ1n) is 13.3. The summed E-state index contributed by atoms with van der Waals surface area (Å²) in [6.07, 6.45) is -6.80. The molecule has 4 unspecified atom stereocenters. The molecule has 2 aliphatic carbocycles. The minimum Gasteiger partial charge on any atom is -0.507 e. The molecule has 17 heteroatoms. The number of ether oxygens (including phenoxy) is 3. The number of rotatable bonds is 8. The fourth-order valence-electron chi connectivity index (χ4n) is 5.97. The number of phenolic OH excluding ortho intramolecular Hbond substituents is 2. The third-order valence-electron chi connectivity index (χ3n) is 8.08. The van der Waals surface area contributed by atoms with Crippen molar-refractivity contribution in [2.75, 3.05) is 13.7 Å². The summed E-state index contributed by atoms with van der Waals surface area (Å²) in [4.78, 5) is 58.1. The van der Waals surface area contributed by atoms with E-state index in [1.54, 1.807) is 0 Å². The molecule has 0 amide bonds. The zero-order chi connectivity index (χ0) is 32.3. The molecule has 238 valence electrons. The summed E-state index contributed by atoms with van der Waals surface area (Å²) in [5.74, 6) is -4.26. The van der Waals surface area contributed by atoms with Crippen LogP contribution in [0.2, 0.25) is 0 Å². The molecule has 8 N–H and O–H groups in total. The van der Waals surface area contributed by atoms with E-state index in [9.17, 15) is 44.5 Å². The average molecular weight is 640 g/mol. The third-order valence-corrected chi connectivity index (χ3v) is 8.43. The predicted octanol–water partition coefficient (Wildman–Crippen LogP) is -0.344. The Kier molecular flexibility index (Phi) is 8.45. The molecule has 44 heavy (non-hydrogen) atoms. The number of phosphoric acid groups is 1. The van der Waals surface area contributed by atoms with Gasteiger partial charge in [-0.1, -0.05) is 12.1 Å². The Morgan fingerprint density at radius 3 is 2.45 bits per heavy atom. The number of phenols is 2. The van der Waals surface area contributed by atoms with Gasteiger partial charge in [-0.2, -0.15) is 10.1 Å². The molecule has 0 spiro atoms. The highest BCUT2D eigenvalue weighted by Gasteiger charge is 2.50. The number of hydrogen-bond acceptors (Lipinski definition) is 14. The van der Waals surface area contributed by atoms with Gasteiger partial charge in [-0.25, -0.2) is 4.57 Å². The van der Waals surface area contributed by atoms with Crippen LogP contribution in [0, 0.1) is 0 Å². The molecule has 6 atom stereocenters. The maximum Gasteiger partial charge on any atom is 0.486 e. The van der Waals surface area contributed by atoms with Crippen molar-refractivity contribution in [3.8, 4) is 17.2 Å². The molecule has 5 rings (SSSR count). The number of fused-ring (bicyclic) bond motifs is 3. The normalized spacial score (nSPS) is 28.2. The summed E-state index contributed by atoms with van der Waals surface area (Å²) < 4.78 is 32.4. The quantitative estimate of drug-likeness (QED) is 0.0890.